The number of hydrogen-bond donors (Lipinski definition) is 1. The number of ether oxygens (including phenoxy) is 1. The third-order valence-electron chi connectivity index (χ3n) is 7.29. The zero-order valence-electron chi connectivity index (χ0n) is 22.8. The molecule has 1 aliphatic rings. The summed E-state index contributed by atoms with van der Waals surface area (Å²) >= 11 is 8.36. The molecule has 1 fully saturated rings. The summed E-state index contributed by atoms with van der Waals surface area (Å²) in [6.07, 6.45) is 6.18. The van der Waals surface area contributed by atoms with Gasteiger partial charge in [0.2, 0.25) is 0 Å². The molecule has 9 heteroatoms. The quantitative estimate of drug-likeness (QED) is 0.166. The minimum atomic E-state index is -0.301. The monoisotopic (exact) mass is 588 g/mol. The van der Waals surface area contributed by atoms with Crippen LogP contribution in [-0.4, -0.2) is 40.0 Å². The van der Waals surface area contributed by atoms with Gasteiger partial charge >= 0.3 is 0 Å². The van der Waals surface area contributed by atoms with E-state index in [-0.39, 0.29) is 18.5 Å². The van der Waals surface area contributed by atoms with Crippen LogP contribution in [0.25, 0.3) is 22.2 Å². The molecule has 0 saturated heterocycles. The molecule has 6 nitrogen and oxygen atoms in total. The number of halogens is 2. The van der Waals surface area contributed by atoms with Gasteiger partial charge in [-0.2, -0.15) is 11.8 Å². The molecule has 0 spiro atoms. The van der Waals surface area contributed by atoms with E-state index < -0.39 is 0 Å². The highest BCUT2D eigenvalue weighted by molar-refractivity contribution is 7.98. The van der Waals surface area contributed by atoms with Crippen LogP contribution in [0.15, 0.2) is 83.5 Å². The van der Waals surface area contributed by atoms with Crippen molar-refractivity contribution in [3.05, 3.63) is 101 Å². The summed E-state index contributed by atoms with van der Waals surface area (Å²) in [6.45, 7) is 0.215. The van der Waals surface area contributed by atoms with Gasteiger partial charge < -0.3 is 14.5 Å². The van der Waals surface area contributed by atoms with Gasteiger partial charge in [0, 0.05) is 28.4 Å². The van der Waals surface area contributed by atoms with E-state index in [1.807, 2.05) is 42.1 Å². The van der Waals surface area contributed by atoms with Crippen LogP contribution >= 0.6 is 23.4 Å². The van der Waals surface area contributed by atoms with E-state index in [1.54, 1.807) is 24.3 Å². The molecule has 41 heavy (non-hydrogen) atoms. The van der Waals surface area contributed by atoms with Gasteiger partial charge in [0.15, 0.2) is 0 Å². The van der Waals surface area contributed by atoms with Crippen LogP contribution in [0.1, 0.15) is 30.2 Å². The van der Waals surface area contributed by atoms with Crippen LogP contribution in [0.2, 0.25) is 5.02 Å². The normalized spacial score (nSPS) is 14.0. The first-order chi connectivity index (χ1) is 20.0. The fraction of sp³-hybridized carbons (Fsp3) is 0.250. The average Bonchev–Trinajstić information content (AvgIpc) is 3.72. The Bertz CT molecular complexity index is 1680. The summed E-state index contributed by atoms with van der Waals surface area (Å²) in [4.78, 5) is 11.4. The molecule has 5 aromatic rings. The lowest BCUT2D eigenvalue weighted by molar-refractivity contribution is 0.227. The zero-order chi connectivity index (χ0) is 28.3. The molecular formula is C32H30ClFN4O2S. The van der Waals surface area contributed by atoms with Crippen molar-refractivity contribution in [1.29, 1.82) is 0 Å². The van der Waals surface area contributed by atoms with E-state index in [0.29, 0.717) is 22.6 Å². The highest BCUT2D eigenvalue weighted by atomic mass is 35.5. The van der Waals surface area contributed by atoms with Gasteiger partial charge in [0.05, 0.1) is 16.6 Å². The Hall–Kier alpha value is -3.59. The van der Waals surface area contributed by atoms with Crippen LogP contribution in [0.4, 0.5) is 15.9 Å². The molecule has 1 unspecified atom stereocenters. The molecule has 3 aromatic carbocycles. The van der Waals surface area contributed by atoms with Crippen molar-refractivity contribution in [2.45, 2.75) is 31.5 Å². The minimum Gasteiger partial charge on any atom is -0.487 e. The largest absolute Gasteiger partial charge is 0.487 e. The van der Waals surface area contributed by atoms with Gasteiger partial charge in [-0.1, -0.05) is 23.7 Å². The van der Waals surface area contributed by atoms with Gasteiger partial charge in [0.1, 0.15) is 41.8 Å². The smallest absolute Gasteiger partial charge is 0.141 e. The fourth-order valence-electron chi connectivity index (χ4n) is 4.91. The number of anilines is 2. The minimum absolute atomic E-state index is 0.215. The van der Waals surface area contributed by atoms with Crippen LogP contribution in [0, 0.1) is 5.82 Å². The lowest BCUT2D eigenvalue weighted by Crippen LogP contribution is -2.28. The fourth-order valence-corrected chi connectivity index (χ4v) is 5.86. The summed E-state index contributed by atoms with van der Waals surface area (Å²) in [7, 11) is 2.20. The number of hydrogen-bond acceptors (Lipinski definition) is 7. The first-order valence-electron chi connectivity index (χ1n) is 13.5. The maximum Gasteiger partial charge on any atom is 0.141 e. The molecule has 210 valence electrons. The average molecular weight is 589 g/mol. The molecule has 2 aromatic heterocycles. The Morgan fingerprint density at radius 1 is 1.10 bits per heavy atom. The van der Waals surface area contributed by atoms with E-state index in [1.165, 1.54) is 31.3 Å². The number of nitrogens with zero attached hydrogens (tertiary/aromatic N) is 3. The Morgan fingerprint density at radius 3 is 2.76 bits per heavy atom. The molecule has 1 atom stereocenters. The number of aromatic nitrogens is 2. The number of thioether (sulfide) groups is 1. The summed E-state index contributed by atoms with van der Waals surface area (Å²) < 4.78 is 25.7. The first-order valence-corrected chi connectivity index (χ1v) is 15.3. The summed E-state index contributed by atoms with van der Waals surface area (Å²) in [5, 5.41) is 4.67. The Kier molecular flexibility index (Phi) is 8.14. The van der Waals surface area contributed by atoms with Gasteiger partial charge in [-0.3, -0.25) is 4.90 Å². The second-order valence-corrected chi connectivity index (χ2v) is 11.5. The predicted octanol–water partition coefficient (Wildman–Crippen LogP) is 8.50. The highest BCUT2D eigenvalue weighted by Gasteiger charge is 2.33. The number of furan rings is 1. The number of fused-ring (bicyclic) bond motifs is 1. The zero-order valence-corrected chi connectivity index (χ0v) is 24.4. The van der Waals surface area contributed by atoms with Crippen molar-refractivity contribution in [3.63, 3.8) is 0 Å². The van der Waals surface area contributed by atoms with Crippen molar-refractivity contribution in [3.8, 4) is 17.1 Å². The molecule has 0 amide bonds. The molecule has 1 aliphatic carbocycles. The Labute approximate surface area is 247 Å². The lowest BCUT2D eigenvalue weighted by Gasteiger charge is -2.25. The van der Waals surface area contributed by atoms with Crippen molar-refractivity contribution in [1.82, 2.24) is 14.9 Å². The number of benzene rings is 3. The second kappa shape index (κ2) is 12.1. The topological polar surface area (TPSA) is 63.4 Å². The maximum atomic E-state index is 13.5. The summed E-state index contributed by atoms with van der Waals surface area (Å²) in [5.74, 6) is 3.65. The number of nitrogens with one attached hydrogen (secondary N) is 1. The third-order valence-corrected chi connectivity index (χ3v) is 8.24. The summed E-state index contributed by atoms with van der Waals surface area (Å²) in [5.41, 5.74) is 3.25. The van der Waals surface area contributed by atoms with Gasteiger partial charge in [-0.05, 0) is 92.4 Å². The van der Waals surface area contributed by atoms with Crippen LogP contribution < -0.4 is 10.1 Å². The first kappa shape index (κ1) is 27.6. The SMILES string of the molecule is CSCC(c1ccc(-c2ccc3ncnc(Nc4ccc(OCc5cccc(F)c5)c(Cl)c4)c3c2)o1)N(C)C1CC1. The Morgan fingerprint density at radius 2 is 1.98 bits per heavy atom. The molecular weight excluding hydrogens is 559 g/mol. The molecule has 0 radical (unpaired) electrons. The summed E-state index contributed by atoms with van der Waals surface area (Å²) in [6, 6.07) is 22.8. The molecule has 6 rings (SSSR count). The van der Waals surface area contributed by atoms with Crippen LogP contribution in [-0.2, 0) is 6.61 Å². The van der Waals surface area contributed by atoms with E-state index in [9.17, 15) is 4.39 Å². The standard InChI is InChI=1S/C32H30ClFN4O2S/c1-38(24-8-9-24)28(18-41-2)31-13-12-29(40-31)21-6-10-27-25(15-21)32(36-19-35-27)37-23-7-11-30(26(33)16-23)39-17-20-4-3-5-22(34)14-20/h3-7,10-16,19,24,28H,8-9,17-18H2,1-2H3,(H,35,36,37). The van der Waals surface area contributed by atoms with E-state index >= 15 is 0 Å². The van der Waals surface area contributed by atoms with Crippen LogP contribution in [0.3, 0.4) is 0 Å². The predicted molar refractivity (Wildman–Crippen MR) is 165 cm³/mol. The van der Waals surface area contributed by atoms with Crippen molar-refractivity contribution < 1.29 is 13.5 Å². The molecule has 0 aliphatic heterocycles. The molecule has 2 heterocycles. The molecule has 1 N–H and O–H groups in total. The number of rotatable bonds is 11. The van der Waals surface area contributed by atoms with Gasteiger partial charge in [0.25, 0.3) is 0 Å². The lowest BCUT2D eigenvalue weighted by atomic mass is 10.1. The Balaban J connectivity index is 1.22. The third kappa shape index (κ3) is 6.35. The van der Waals surface area contributed by atoms with Gasteiger partial charge in [-0.15, -0.1) is 0 Å². The maximum absolute atomic E-state index is 13.5. The second-order valence-electron chi connectivity index (χ2n) is 10.2. The van der Waals surface area contributed by atoms with E-state index in [2.05, 4.69) is 39.6 Å². The molecule has 0 bridgehead atoms. The molecule has 1 saturated carbocycles. The highest BCUT2D eigenvalue weighted by Crippen LogP contribution is 2.37. The van der Waals surface area contributed by atoms with E-state index in [0.717, 1.165) is 45.0 Å². The van der Waals surface area contributed by atoms with Crippen molar-refractivity contribution in [2.24, 2.45) is 0 Å². The van der Waals surface area contributed by atoms with Crippen LogP contribution in [0.5, 0.6) is 5.75 Å². The van der Waals surface area contributed by atoms with Crippen molar-refractivity contribution in [2.75, 3.05) is 24.4 Å². The van der Waals surface area contributed by atoms with Crippen molar-refractivity contribution >= 4 is 45.8 Å². The van der Waals surface area contributed by atoms with Gasteiger partial charge in [-0.25, -0.2) is 14.4 Å². The van der Waals surface area contributed by atoms with E-state index in [4.69, 9.17) is 20.8 Å².